The number of likely N-dealkylation sites (tertiary alicyclic amines) is 1. The number of allylic oxidation sites excluding steroid dienone is 4. The molecule has 2 aliphatic rings. The van der Waals surface area contributed by atoms with Crippen LogP contribution in [0.5, 0.6) is 17.4 Å². The van der Waals surface area contributed by atoms with Crippen LogP contribution in [0.2, 0.25) is 0 Å². The molecule has 8 nitrogen and oxygen atoms in total. The molecule has 1 fully saturated rings. The Morgan fingerprint density at radius 1 is 1.13 bits per heavy atom. The van der Waals surface area contributed by atoms with Gasteiger partial charge in [-0.1, -0.05) is 32.4 Å². The molecule has 1 amide bonds. The average Bonchev–Trinajstić information content (AvgIpc) is 3.40. The molecule has 1 saturated heterocycles. The number of unbranched alkanes of at least 4 members (excludes halogenated alkanes) is 1. The van der Waals surface area contributed by atoms with Crippen molar-refractivity contribution in [3.63, 3.8) is 0 Å². The number of hydrogen-bond acceptors (Lipinski definition) is 6. The number of fused-ring (bicyclic) bond motifs is 1. The van der Waals surface area contributed by atoms with Gasteiger partial charge in [-0.2, -0.15) is 10.2 Å². The molecule has 3 aromatic rings. The van der Waals surface area contributed by atoms with E-state index in [0.717, 1.165) is 54.6 Å². The lowest BCUT2D eigenvalue weighted by Crippen LogP contribution is -2.39. The SMILES string of the molecule is CCC/C=C(\C#N)C(=O)N1CCC(n2ccc3ncnc(Oc4ccc(OC5=CC(C)CC=C5)cc4)c32)CC1. The first kappa shape index (κ1) is 26.2. The van der Waals surface area contributed by atoms with Gasteiger partial charge in [0.1, 0.15) is 40.7 Å². The van der Waals surface area contributed by atoms with E-state index in [4.69, 9.17) is 9.47 Å². The minimum atomic E-state index is -0.174. The zero-order valence-electron chi connectivity index (χ0n) is 22.4. The molecule has 0 spiro atoms. The van der Waals surface area contributed by atoms with Gasteiger partial charge in [0.05, 0.1) is 5.52 Å². The number of amides is 1. The standard InChI is InChI=1S/C31H33N5O3/c1-3-4-7-23(20-32)31(37)35-16-13-24(14-17-35)36-18-15-28-29(36)30(34-21-33-28)39-26-11-9-25(10-12-26)38-27-8-5-6-22(2)19-27/h5,7-12,15,18-19,21-22,24H,3-4,6,13-14,16-17H2,1-2H3/b23-7+. The summed E-state index contributed by atoms with van der Waals surface area (Å²) in [6.45, 7) is 5.37. The maximum atomic E-state index is 12.8. The average molecular weight is 524 g/mol. The number of hydrogen-bond donors (Lipinski definition) is 0. The zero-order chi connectivity index (χ0) is 27.2. The van der Waals surface area contributed by atoms with E-state index in [2.05, 4.69) is 39.7 Å². The lowest BCUT2D eigenvalue weighted by atomic mass is 10.0. The van der Waals surface area contributed by atoms with Gasteiger partial charge in [0, 0.05) is 25.3 Å². The Kier molecular flexibility index (Phi) is 8.07. The fourth-order valence-corrected chi connectivity index (χ4v) is 5.03. The number of carbonyl (C=O) groups is 1. The number of nitriles is 1. The van der Waals surface area contributed by atoms with Crippen molar-refractivity contribution in [3.8, 4) is 23.4 Å². The van der Waals surface area contributed by atoms with Crippen LogP contribution in [0.3, 0.4) is 0 Å². The molecule has 0 radical (unpaired) electrons. The predicted octanol–water partition coefficient (Wildman–Crippen LogP) is 6.50. The molecular weight excluding hydrogens is 490 g/mol. The third kappa shape index (κ3) is 6.04. The molecule has 8 heteroatoms. The van der Waals surface area contributed by atoms with E-state index in [9.17, 15) is 10.1 Å². The summed E-state index contributed by atoms with van der Waals surface area (Å²) in [5, 5.41) is 9.41. The molecule has 5 rings (SSSR count). The van der Waals surface area contributed by atoms with Crippen molar-refractivity contribution in [3.05, 3.63) is 78.5 Å². The smallest absolute Gasteiger partial charge is 0.264 e. The highest BCUT2D eigenvalue weighted by Gasteiger charge is 2.27. The lowest BCUT2D eigenvalue weighted by molar-refractivity contribution is -0.127. The van der Waals surface area contributed by atoms with Gasteiger partial charge in [0.15, 0.2) is 0 Å². The van der Waals surface area contributed by atoms with E-state index in [1.807, 2.05) is 49.5 Å². The summed E-state index contributed by atoms with van der Waals surface area (Å²) in [4.78, 5) is 23.5. The topological polar surface area (TPSA) is 93.3 Å². The van der Waals surface area contributed by atoms with Crippen LogP contribution < -0.4 is 9.47 Å². The number of ether oxygens (including phenoxy) is 2. The van der Waals surface area contributed by atoms with Crippen LogP contribution in [0, 0.1) is 17.2 Å². The van der Waals surface area contributed by atoms with Crippen molar-refractivity contribution < 1.29 is 14.3 Å². The van der Waals surface area contributed by atoms with Crippen LogP contribution in [-0.4, -0.2) is 38.4 Å². The molecular formula is C31H33N5O3. The highest BCUT2D eigenvalue weighted by molar-refractivity contribution is 5.97. The summed E-state index contributed by atoms with van der Waals surface area (Å²) >= 11 is 0. The van der Waals surface area contributed by atoms with Crippen LogP contribution in [0.4, 0.5) is 0 Å². The van der Waals surface area contributed by atoms with E-state index >= 15 is 0 Å². The highest BCUT2D eigenvalue weighted by atomic mass is 16.5. The van der Waals surface area contributed by atoms with Gasteiger partial charge >= 0.3 is 0 Å². The molecule has 1 aliphatic heterocycles. The Balaban J connectivity index is 1.28. The largest absolute Gasteiger partial charge is 0.458 e. The van der Waals surface area contributed by atoms with Gasteiger partial charge in [-0.25, -0.2) is 4.98 Å². The third-order valence-corrected chi connectivity index (χ3v) is 7.11. The zero-order valence-corrected chi connectivity index (χ0v) is 22.4. The van der Waals surface area contributed by atoms with Gasteiger partial charge in [0.2, 0.25) is 5.88 Å². The maximum absolute atomic E-state index is 12.8. The monoisotopic (exact) mass is 523 g/mol. The Morgan fingerprint density at radius 3 is 2.56 bits per heavy atom. The van der Waals surface area contributed by atoms with Gasteiger partial charge in [0.25, 0.3) is 5.91 Å². The predicted molar refractivity (Wildman–Crippen MR) is 149 cm³/mol. The Bertz CT molecular complexity index is 1450. The van der Waals surface area contributed by atoms with E-state index in [1.165, 1.54) is 6.33 Å². The molecule has 2 aromatic heterocycles. The number of rotatable bonds is 8. The van der Waals surface area contributed by atoms with Crippen LogP contribution >= 0.6 is 0 Å². The molecule has 1 aromatic carbocycles. The molecule has 1 unspecified atom stereocenters. The second-order valence-electron chi connectivity index (χ2n) is 10.0. The summed E-state index contributed by atoms with van der Waals surface area (Å²) in [5.74, 6) is 3.03. The van der Waals surface area contributed by atoms with Crippen molar-refractivity contribution in [1.82, 2.24) is 19.4 Å². The van der Waals surface area contributed by atoms with E-state index in [0.29, 0.717) is 30.6 Å². The Hall–Kier alpha value is -4.38. The molecule has 0 N–H and O–H groups in total. The number of carbonyl (C=O) groups excluding carboxylic acids is 1. The van der Waals surface area contributed by atoms with Gasteiger partial charge in [-0.05, 0) is 74.1 Å². The van der Waals surface area contributed by atoms with Gasteiger partial charge < -0.3 is 18.9 Å². The molecule has 200 valence electrons. The van der Waals surface area contributed by atoms with Crippen molar-refractivity contribution in [2.45, 2.75) is 52.0 Å². The molecule has 1 atom stereocenters. The van der Waals surface area contributed by atoms with Crippen molar-refractivity contribution in [1.29, 1.82) is 5.26 Å². The van der Waals surface area contributed by atoms with Crippen LogP contribution in [-0.2, 0) is 4.79 Å². The normalized spacial score (nSPS) is 18.1. The molecule has 0 saturated carbocycles. The van der Waals surface area contributed by atoms with Crippen molar-refractivity contribution in [2.24, 2.45) is 5.92 Å². The van der Waals surface area contributed by atoms with Crippen LogP contribution in [0.25, 0.3) is 11.0 Å². The minimum absolute atomic E-state index is 0.167. The highest BCUT2D eigenvalue weighted by Crippen LogP contribution is 2.34. The molecule has 0 bridgehead atoms. The molecule has 3 heterocycles. The summed E-state index contributed by atoms with van der Waals surface area (Å²) in [6.07, 6.45) is 15.7. The second-order valence-corrected chi connectivity index (χ2v) is 10.0. The summed E-state index contributed by atoms with van der Waals surface area (Å²) in [5.41, 5.74) is 1.87. The maximum Gasteiger partial charge on any atom is 0.264 e. The Labute approximate surface area is 228 Å². The molecule has 1 aliphatic carbocycles. The summed E-state index contributed by atoms with van der Waals surface area (Å²) in [6, 6.07) is 11.7. The van der Waals surface area contributed by atoms with Crippen molar-refractivity contribution >= 4 is 16.9 Å². The minimum Gasteiger partial charge on any atom is -0.458 e. The number of piperidine rings is 1. The number of benzene rings is 1. The quantitative estimate of drug-likeness (QED) is 0.247. The summed E-state index contributed by atoms with van der Waals surface area (Å²) in [7, 11) is 0. The number of aromatic nitrogens is 3. The Morgan fingerprint density at radius 2 is 1.87 bits per heavy atom. The fraction of sp³-hybridized carbons (Fsp3) is 0.355. The van der Waals surface area contributed by atoms with E-state index < -0.39 is 0 Å². The third-order valence-electron chi connectivity index (χ3n) is 7.11. The first-order valence-corrected chi connectivity index (χ1v) is 13.6. The van der Waals surface area contributed by atoms with Crippen LogP contribution in [0.15, 0.2) is 78.5 Å². The van der Waals surface area contributed by atoms with Crippen LogP contribution in [0.1, 0.15) is 52.0 Å². The summed E-state index contributed by atoms with van der Waals surface area (Å²) < 4.78 is 14.4. The second kappa shape index (κ2) is 12.0. The van der Waals surface area contributed by atoms with E-state index in [1.54, 1.807) is 11.0 Å². The van der Waals surface area contributed by atoms with Gasteiger partial charge in [-0.3, -0.25) is 4.79 Å². The van der Waals surface area contributed by atoms with Crippen molar-refractivity contribution in [2.75, 3.05) is 13.1 Å². The van der Waals surface area contributed by atoms with E-state index in [-0.39, 0.29) is 17.5 Å². The number of nitrogens with zero attached hydrogens (tertiary/aromatic N) is 5. The molecule has 39 heavy (non-hydrogen) atoms. The first-order valence-electron chi connectivity index (χ1n) is 13.6. The lowest BCUT2D eigenvalue weighted by Gasteiger charge is -2.33. The van der Waals surface area contributed by atoms with Gasteiger partial charge in [-0.15, -0.1) is 0 Å². The fourth-order valence-electron chi connectivity index (χ4n) is 5.03. The first-order chi connectivity index (χ1) is 19.1.